The van der Waals surface area contributed by atoms with E-state index in [4.69, 9.17) is 10.5 Å². The van der Waals surface area contributed by atoms with Crippen molar-refractivity contribution >= 4 is 23.2 Å². The van der Waals surface area contributed by atoms with Gasteiger partial charge in [0.15, 0.2) is 5.82 Å². The largest absolute Gasteiger partial charge is 0.497 e. The number of carbonyl (C=O) groups is 1. The van der Waals surface area contributed by atoms with Crippen molar-refractivity contribution in [2.75, 3.05) is 48.8 Å². The molecule has 0 saturated carbocycles. The summed E-state index contributed by atoms with van der Waals surface area (Å²) in [6, 6.07) is 10.0. The van der Waals surface area contributed by atoms with Crippen molar-refractivity contribution < 1.29 is 19.0 Å². The van der Waals surface area contributed by atoms with Crippen LogP contribution in [0.25, 0.3) is 0 Å². The van der Waals surface area contributed by atoms with Gasteiger partial charge in [-0.3, -0.25) is 4.90 Å². The Hall–Kier alpha value is -3.00. The van der Waals surface area contributed by atoms with Gasteiger partial charge in [-0.05, 0) is 29.8 Å². The van der Waals surface area contributed by atoms with Crippen LogP contribution < -0.4 is 25.6 Å². The van der Waals surface area contributed by atoms with Crippen LogP contribution in [0.3, 0.4) is 0 Å². The summed E-state index contributed by atoms with van der Waals surface area (Å²) in [5.41, 5.74) is 7.22. The molecule has 0 unspecified atom stereocenters. The Morgan fingerprint density at radius 2 is 1.96 bits per heavy atom. The van der Waals surface area contributed by atoms with Gasteiger partial charge in [-0.2, -0.15) is 0 Å². The van der Waals surface area contributed by atoms with Gasteiger partial charge >= 0.3 is 6.09 Å². The third-order valence-electron chi connectivity index (χ3n) is 4.57. The predicted octanol–water partition coefficient (Wildman–Crippen LogP) is 2.51. The second-order valence-corrected chi connectivity index (χ2v) is 6.32. The number of nitrogen functional groups attached to an aromatic ring is 1. The molecule has 144 valence electrons. The Balaban J connectivity index is 1.92. The van der Waals surface area contributed by atoms with Crippen LogP contribution in [0.2, 0.25) is 0 Å². The second kappa shape index (κ2) is 8.13. The van der Waals surface area contributed by atoms with E-state index in [2.05, 4.69) is 5.32 Å². The van der Waals surface area contributed by atoms with E-state index in [1.807, 2.05) is 4.90 Å². The Bertz CT molecular complexity index is 807. The van der Waals surface area contributed by atoms with Crippen molar-refractivity contribution in [2.45, 2.75) is 6.54 Å². The van der Waals surface area contributed by atoms with Gasteiger partial charge in [0.2, 0.25) is 0 Å². The Labute approximate surface area is 157 Å². The molecule has 1 aliphatic rings. The molecule has 0 atom stereocenters. The van der Waals surface area contributed by atoms with Crippen LogP contribution in [0.15, 0.2) is 36.4 Å². The SMILES string of the molecule is COc1ccc(CN(C(=O)O)c2cc(N)c(F)c(N3CCNCC3)c2)cc1. The van der Waals surface area contributed by atoms with Gasteiger partial charge in [0.25, 0.3) is 0 Å². The van der Waals surface area contributed by atoms with Crippen LogP contribution in [-0.4, -0.2) is 44.5 Å². The molecule has 4 N–H and O–H groups in total. The number of amides is 1. The molecule has 0 aliphatic carbocycles. The lowest BCUT2D eigenvalue weighted by Gasteiger charge is -2.31. The zero-order valence-corrected chi connectivity index (χ0v) is 15.1. The number of methoxy groups -OCH3 is 1. The summed E-state index contributed by atoms with van der Waals surface area (Å²) in [5.74, 6) is 0.170. The van der Waals surface area contributed by atoms with Crippen LogP contribution in [0.4, 0.5) is 26.2 Å². The van der Waals surface area contributed by atoms with E-state index in [9.17, 15) is 14.3 Å². The van der Waals surface area contributed by atoms with Gasteiger partial charge in [-0.25, -0.2) is 9.18 Å². The van der Waals surface area contributed by atoms with Crippen LogP contribution in [0, 0.1) is 5.82 Å². The summed E-state index contributed by atoms with van der Waals surface area (Å²) >= 11 is 0. The Morgan fingerprint density at radius 3 is 2.56 bits per heavy atom. The van der Waals surface area contributed by atoms with Gasteiger partial charge < -0.3 is 25.8 Å². The molecule has 0 aromatic heterocycles. The van der Waals surface area contributed by atoms with E-state index in [0.29, 0.717) is 30.2 Å². The monoisotopic (exact) mass is 374 g/mol. The summed E-state index contributed by atoms with van der Waals surface area (Å²) < 4.78 is 19.7. The molecule has 0 radical (unpaired) electrons. The van der Waals surface area contributed by atoms with Crippen LogP contribution in [-0.2, 0) is 6.54 Å². The lowest BCUT2D eigenvalue weighted by Crippen LogP contribution is -2.44. The van der Waals surface area contributed by atoms with Crippen molar-refractivity contribution in [3.63, 3.8) is 0 Å². The zero-order valence-electron chi connectivity index (χ0n) is 15.1. The maximum Gasteiger partial charge on any atom is 0.412 e. The molecule has 1 fully saturated rings. The van der Waals surface area contributed by atoms with Crippen molar-refractivity contribution in [3.05, 3.63) is 47.8 Å². The van der Waals surface area contributed by atoms with Crippen molar-refractivity contribution in [1.29, 1.82) is 0 Å². The summed E-state index contributed by atoms with van der Waals surface area (Å²) in [5, 5.41) is 12.9. The van der Waals surface area contributed by atoms with E-state index in [1.165, 1.54) is 6.07 Å². The highest BCUT2D eigenvalue weighted by molar-refractivity contribution is 5.88. The number of nitrogens with two attached hydrogens (primary N) is 1. The van der Waals surface area contributed by atoms with Gasteiger partial charge in [-0.15, -0.1) is 0 Å². The standard InChI is InChI=1S/C19H23FN4O3/c1-27-15-4-2-13(3-5-15)12-24(19(25)26)14-10-16(21)18(20)17(11-14)23-8-6-22-7-9-23/h2-5,10-11,22H,6-9,12,21H2,1H3,(H,25,26). The van der Waals surface area contributed by atoms with Crippen molar-refractivity contribution in [2.24, 2.45) is 0 Å². The lowest BCUT2D eigenvalue weighted by molar-refractivity contribution is 0.201. The number of hydrogen-bond acceptors (Lipinski definition) is 5. The van der Waals surface area contributed by atoms with E-state index < -0.39 is 11.9 Å². The summed E-state index contributed by atoms with van der Waals surface area (Å²) in [4.78, 5) is 14.9. The summed E-state index contributed by atoms with van der Waals surface area (Å²) in [7, 11) is 1.57. The molecule has 0 bridgehead atoms. The molecule has 27 heavy (non-hydrogen) atoms. The zero-order chi connectivity index (χ0) is 19.4. The fourth-order valence-electron chi connectivity index (χ4n) is 3.09. The second-order valence-electron chi connectivity index (χ2n) is 6.32. The van der Waals surface area contributed by atoms with E-state index in [0.717, 1.165) is 23.6 Å². The molecular weight excluding hydrogens is 351 g/mol. The number of carboxylic acid groups (broad SMARTS) is 1. The highest BCUT2D eigenvalue weighted by Gasteiger charge is 2.22. The predicted molar refractivity (Wildman–Crippen MR) is 103 cm³/mol. The van der Waals surface area contributed by atoms with Crippen LogP contribution >= 0.6 is 0 Å². The molecule has 1 saturated heterocycles. The van der Waals surface area contributed by atoms with E-state index in [1.54, 1.807) is 37.4 Å². The molecule has 2 aromatic carbocycles. The molecule has 8 heteroatoms. The highest BCUT2D eigenvalue weighted by atomic mass is 19.1. The maximum atomic E-state index is 14.6. The first-order valence-electron chi connectivity index (χ1n) is 8.67. The molecule has 3 rings (SSSR count). The van der Waals surface area contributed by atoms with Gasteiger partial charge in [0.05, 0.1) is 30.7 Å². The van der Waals surface area contributed by atoms with Gasteiger partial charge in [0.1, 0.15) is 5.75 Å². The van der Waals surface area contributed by atoms with E-state index >= 15 is 0 Å². The smallest absolute Gasteiger partial charge is 0.412 e. The molecule has 1 heterocycles. The molecular formula is C19H23FN4O3. The number of rotatable bonds is 5. The van der Waals surface area contributed by atoms with Crippen molar-refractivity contribution in [1.82, 2.24) is 5.32 Å². The number of piperazine rings is 1. The fraction of sp³-hybridized carbons (Fsp3) is 0.316. The first kappa shape index (κ1) is 18.8. The number of ether oxygens (including phenoxy) is 1. The number of halogens is 1. The van der Waals surface area contributed by atoms with Crippen molar-refractivity contribution in [3.8, 4) is 5.75 Å². The number of nitrogens with one attached hydrogen (secondary N) is 1. The molecule has 0 spiro atoms. The number of anilines is 3. The fourth-order valence-corrected chi connectivity index (χ4v) is 3.09. The number of hydrogen-bond donors (Lipinski definition) is 3. The average Bonchev–Trinajstić information content (AvgIpc) is 2.69. The quantitative estimate of drug-likeness (QED) is 0.697. The van der Waals surface area contributed by atoms with E-state index in [-0.39, 0.29) is 12.2 Å². The molecule has 1 aliphatic heterocycles. The summed E-state index contributed by atoms with van der Waals surface area (Å²) in [6.45, 7) is 2.85. The lowest BCUT2D eigenvalue weighted by atomic mass is 10.1. The highest BCUT2D eigenvalue weighted by Crippen LogP contribution is 2.32. The maximum absolute atomic E-state index is 14.6. The van der Waals surface area contributed by atoms with Gasteiger partial charge in [0, 0.05) is 26.2 Å². The first-order valence-corrected chi connectivity index (χ1v) is 8.67. The third-order valence-corrected chi connectivity index (χ3v) is 4.57. The minimum absolute atomic E-state index is 0.0676. The minimum atomic E-state index is -1.14. The Kier molecular flexibility index (Phi) is 5.66. The third kappa shape index (κ3) is 4.22. The number of benzene rings is 2. The minimum Gasteiger partial charge on any atom is -0.497 e. The van der Waals surface area contributed by atoms with Gasteiger partial charge in [-0.1, -0.05) is 12.1 Å². The Morgan fingerprint density at radius 1 is 1.30 bits per heavy atom. The number of nitrogens with zero attached hydrogens (tertiary/aromatic N) is 2. The topological polar surface area (TPSA) is 91.1 Å². The summed E-state index contributed by atoms with van der Waals surface area (Å²) in [6.07, 6.45) is -1.14. The average molecular weight is 374 g/mol. The van der Waals surface area contributed by atoms with Crippen LogP contribution in [0.5, 0.6) is 5.75 Å². The first-order chi connectivity index (χ1) is 13.0. The molecule has 1 amide bonds. The molecule has 2 aromatic rings. The molecule has 7 nitrogen and oxygen atoms in total. The van der Waals surface area contributed by atoms with Crippen LogP contribution in [0.1, 0.15) is 5.56 Å². The normalized spacial score (nSPS) is 14.1.